The van der Waals surface area contributed by atoms with E-state index in [0.717, 1.165) is 0 Å². The second-order valence-corrected chi connectivity index (χ2v) is 0.447. The molecule has 4 heavy (non-hydrogen) atoms. The van der Waals surface area contributed by atoms with Crippen molar-refractivity contribution >= 4 is 0 Å². The van der Waals surface area contributed by atoms with E-state index in [9.17, 15) is 0 Å². The first-order chi connectivity index (χ1) is 1.91. The Labute approximate surface area is 26.1 Å². The lowest BCUT2D eigenvalue weighted by Gasteiger charge is -1.22. The highest BCUT2D eigenvalue weighted by atomic mass is 14.6. The van der Waals surface area contributed by atoms with E-state index in [-0.39, 0.29) is 0 Å². The van der Waals surface area contributed by atoms with Gasteiger partial charge < -0.3 is 0 Å². The molecular weight excluding hydrogens is 50.0 g/mol. The maximum Gasteiger partial charge on any atom is 0.269 e. The van der Waals surface area contributed by atoms with E-state index in [1.807, 2.05) is 0 Å². The van der Waals surface area contributed by atoms with Crippen LogP contribution < -0.4 is 0 Å². The minimum absolute atomic E-state index is 1.69. The molecule has 0 aliphatic heterocycles. The molecule has 0 saturated heterocycles. The van der Waals surface area contributed by atoms with Gasteiger partial charge >= 0.3 is 0 Å². The Morgan fingerprint density at radius 3 is 2.00 bits per heavy atom. The maximum atomic E-state index is 3.49. The molecule has 0 aliphatic carbocycles. The zero-order chi connectivity index (χ0) is 3.41. The van der Waals surface area contributed by atoms with Crippen molar-refractivity contribution in [1.29, 1.82) is 0 Å². The molecule has 0 rings (SSSR count). The lowest BCUT2D eigenvalue weighted by atomic mass is 10.9. The number of nitrogens with zero attached hydrogens (tertiary/aromatic N) is 1. The van der Waals surface area contributed by atoms with Gasteiger partial charge in [0.05, 0.1) is 6.92 Å². The van der Waals surface area contributed by atoms with E-state index in [1.165, 1.54) is 0 Å². The Kier molecular flexibility index (Phi) is 2.17. The third-order valence-electron chi connectivity index (χ3n) is 0.224. The molecule has 1 heteroatoms. The molecule has 0 radical (unpaired) electrons. The average Bonchev–Trinajstić information content (AvgIpc) is 1.37. The molecule has 0 unspecified atom stereocenters. The zero-order valence-corrected chi connectivity index (χ0v) is 2.95. The van der Waals surface area contributed by atoms with Crippen LogP contribution in [0.4, 0.5) is 0 Å². The largest absolute Gasteiger partial charge is 0.269 e. The first kappa shape index (κ1) is 3.49. The Morgan fingerprint density at radius 1 is 1.75 bits per heavy atom. The highest BCUT2D eigenvalue weighted by Gasteiger charge is 1.46. The van der Waals surface area contributed by atoms with Crippen LogP contribution in [-0.4, -0.2) is 7.05 Å². The second-order valence-electron chi connectivity index (χ2n) is 0.447. The molecule has 0 spiro atoms. The zero-order valence-electron chi connectivity index (χ0n) is 2.95. The molecule has 0 amide bonds. The third kappa shape index (κ3) is 1.49. The van der Waals surface area contributed by atoms with Crippen molar-refractivity contribution in [2.45, 2.75) is 6.92 Å². The molecule has 0 saturated carbocycles. The highest BCUT2D eigenvalue weighted by Crippen LogP contribution is 1.42. The Balaban J connectivity index is 2.83. The summed E-state index contributed by atoms with van der Waals surface area (Å²) in [5.41, 5.74) is 0. The van der Waals surface area contributed by atoms with Crippen molar-refractivity contribution in [3.8, 4) is 6.07 Å². The molecule has 0 fully saturated rings. The molecule has 0 aliphatic rings. The lowest BCUT2D eigenvalue weighted by molar-refractivity contribution is 1.80. The van der Waals surface area contributed by atoms with Crippen LogP contribution >= 0.6 is 0 Å². The summed E-state index contributed by atoms with van der Waals surface area (Å²) in [4.78, 5) is 3.49. The topological polar surface area (TPSA) is 4.36 Å². The fourth-order valence-corrected chi connectivity index (χ4v) is 0. The van der Waals surface area contributed by atoms with Gasteiger partial charge in [-0.15, -0.1) is 0 Å². The van der Waals surface area contributed by atoms with Gasteiger partial charge in [0.25, 0.3) is 13.1 Å². The fraction of sp³-hybridized carbons (Fsp3) is 0.667. The first-order valence-electron chi connectivity index (χ1n) is 1.17. The molecule has 0 aromatic heterocycles. The summed E-state index contributed by atoms with van der Waals surface area (Å²) >= 11 is 0. The summed E-state index contributed by atoms with van der Waals surface area (Å²) in [6.07, 6.45) is 0. The second kappa shape index (κ2) is 2.49. The van der Waals surface area contributed by atoms with E-state index in [0.29, 0.717) is 0 Å². The Morgan fingerprint density at radius 2 is 2.00 bits per heavy atom. The first-order valence-corrected chi connectivity index (χ1v) is 1.17. The monoisotopic (exact) mass is 56.0 g/mol. The van der Waals surface area contributed by atoms with Crippen LogP contribution in [0.2, 0.25) is 0 Å². The van der Waals surface area contributed by atoms with Crippen molar-refractivity contribution in [2.75, 3.05) is 7.05 Å². The van der Waals surface area contributed by atoms with Crippen LogP contribution in [0.5, 0.6) is 0 Å². The van der Waals surface area contributed by atoms with Crippen molar-refractivity contribution in [3.63, 3.8) is 0 Å². The molecule has 1 nitrogen and oxygen atoms in total. The van der Waals surface area contributed by atoms with Crippen LogP contribution in [0.3, 0.4) is 0 Å². The van der Waals surface area contributed by atoms with E-state index in [2.05, 4.69) is 10.9 Å². The number of hydrogen-bond donors (Lipinski definition) is 0. The Bertz CT molecular complexity index is 40.0. The van der Waals surface area contributed by atoms with Crippen molar-refractivity contribution in [3.05, 3.63) is 4.85 Å². The molecule has 0 aromatic rings. The van der Waals surface area contributed by atoms with Crippen molar-refractivity contribution in [2.24, 2.45) is 0 Å². The molecule has 0 aromatic carbocycles. The molecule has 22 valence electrons. The average molecular weight is 56.1 g/mol. The summed E-state index contributed by atoms with van der Waals surface area (Å²) in [6, 6.07) is 2.56. The van der Waals surface area contributed by atoms with Crippen LogP contribution in [0, 0.1) is 6.07 Å². The predicted octanol–water partition coefficient (Wildman–Crippen LogP) is 0.969. The van der Waals surface area contributed by atoms with Crippen molar-refractivity contribution in [1.82, 2.24) is 0 Å². The Hall–Kier alpha value is -0.510. The van der Waals surface area contributed by atoms with Gasteiger partial charge in [-0.3, -0.25) is 0 Å². The minimum atomic E-state index is 1.69. The predicted molar refractivity (Wildman–Crippen MR) is 18.8 cm³/mol. The van der Waals surface area contributed by atoms with E-state index >= 15 is 0 Å². The lowest BCUT2D eigenvalue weighted by Crippen LogP contribution is -1.26. The summed E-state index contributed by atoms with van der Waals surface area (Å²) in [7, 11) is 1.69. The van der Waals surface area contributed by atoms with Crippen LogP contribution in [-0.2, 0) is 0 Å². The summed E-state index contributed by atoms with van der Waals surface area (Å²) < 4.78 is 0. The third-order valence-corrected chi connectivity index (χ3v) is 0.224. The van der Waals surface area contributed by atoms with Gasteiger partial charge in [-0.05, 0) is 0 Å². The summed E-state index contributed by atoms with van der Waals surface area (Å²) in [5, 5.41) is 0. The SMILES string of the molecule is CC#[N+]C. The van der Waals surface area contributed by atoms with Gasteiger partial charge in [-0.2, -0.15) is 0 Å². The van der Waals surface area contributed by atoms with E-state index in [4.69, 9.17) is 0 Å². The van der Waals surface area contributed by atoms with Gasteiger partial charge in [0.2, 0.25) is 0 Å². The fourth-order valence-electron chi connectivity index (χ4n) is 0. The molecular formula is C3H6N+. The molecule has 0 bridgehead atoms. The van der Waals surface area contributed by atoms with Crippen LogP contribution in [0.15, 0.2) is 0 Å². The molecule has 0 heterocycles. The standard InChI is InChI=1S/C3H6N/c1-3-4-2/h1-2H3/q+1. The maximum absolute atomic E-state index is 3.49. The quantitative estimate of drug-likeness (QED) is 0.389. The molecule has 0 atom stereocenters. The van der Waals surface area contributed by atoms with Gasteiger partial charge in [0, 0.05) is 0 Å². The van der Waals surface area contributed by atoms with Gasteiger partial charge in [0.15, 0.2) is 0 Å². The van der Waals surface area contributed by atoms with Crippen LogP contribution in [0.25, 0.3) is 4.85 Å². The van der Waals surface area contributed by atoms with Gasteiger partial charge in [-0.1, -0.05) is 4.85 Å². The smallest absolute Gasteiger partial charge is 0.0873 e. The van der Waals surface area contributed by atoms with Gasteiger partial charge in [0.1, 0.15) is 0 Å². The molecule has 0 N–H and O–H groups in total. The highest BCUT2D eigenvalue weighted by molar-refractivity contribution is 4.73. The van der Waals surface area contributed by atoms with E-state index in [1.54, 1.807) is 14.0 Å². The van der Waals surface area contributed by atoms with Crippen molar-refractivity contribution < 1.29 is 0 Å². The van der Waals surface area contributed by atoms with E-state index < -0.39 is 0 Å². The number of hydrogen-bond acceptors (Lipinski definition) is 0. The summed E-state index contributed by atoms with van der Waals surface area (Å²) in [5.74, 6) is 0. The summed E-state index contributed by atoms with van der Waals surface area (Å²) in [6.45, 7) is 1.76. The number of rotatable bonds is 0. The van der Waals surface area contributed by atoms with Gasteiger partial charge in [-0.25, -0.2) is 0 Å². The van der Waals surface area contributed by atoms with Crippen LogP contribution in [0.1, 0.15) is 6.92 Å². The minimum Gasteiger partial charge on any atom is -0.0873 e. The normalized spacial score (nSPS) is 3.50.